The molecule has 0 aromatic heterocycles. The number of hydrogen-bond acceptors (Lipinski definition) is 3. The van der Waals surface area contributed by atoms with Gasteiger partial charge in [0.15, 0.2) is 0 Å². The molecule has 0 radical (unpaired) electrons. The van der Waals surface area contributed by atoms with Crippen molar-refractivity contribution in [1.29, 1.82) is 0 Å². The number of nitrogens with zero attached hydrogens (tertiary/aromatic N) is 1. The van der Waals surface area contributed by atoms with Crippen molar-refractivity contribution in [2.45, 2.75) is 44.2 Å². The van der Waals surface area contributed by atoms with Gasteiger partial charge in [-0.15, -0.1) is 0 Å². The first-order chi connectivity index (χ1) is 7.02. The first-order valence-electron chi connectivity index (χ1n) is 6.02. The van der Waals surface area contributed by atoms with Gasteiger partial charge in [0.05, 0.1) is 5.60 Å². The number of piperidine rings is 1. The number of rotatable bonds is 3. The Labute approximate surface area is 93.0 Å². The van der Waals surface area contributed by atoms with Crippen LogP contribution in [0.2, 0.25) is 0 Å². The number of likely N-dealkylation sites (tertiary alicyclic amines) is 1. The van der Waals surface area contributed by atoms with Gasteiger partial charge < -0.3 is 15.4 Å². The minimum atomic E-state index is 0.0185. The molecule has 1 aliphatic heterocycles. The molecule has 1 saturated carbocycles. The Hall–Kier alpha value is -0.120. The third-order valence-corrected chi connectivity index (χ3v) is 4.60. The second-order valence-electron chi connectivity index (χ2n) is 5.70. The molecular weight excluding hydrogens is 188 g/mol. The van der Waals surface area contributed by atoms with Crippen LogP contribution < -0.4 is 5.73 Å². The molecule has 88 valence electrons. The maximum atomic E-state index is 6.44. The summed E-state index contributed by atoms with van der Waals surface area (Å²) in [5.41, 5.74) is 6.73. The predicted octanol–water partition coefficient (Wildman–Crippen LogP) is 1.22. The van der Waals surface area contributed by atoms with Gasteiger partial charge in [-0.05, 0) is 51.2 Å². The van der Waals surface area contributed by atoms with Gasteiger partial charge in [0.25, 0.3) is 0 Å². The van der Waals surface area contributed by atoms with Crippen LogP contribution in [0.4, 0.5) is 0 Å². The molecule has 2 N–H and O–H groups in total. The zero-order chi connectivity index (χ0) is 11.1. The highest BCUT2D eigenvalue weighted by Crippen LogP contribution is 2.49. The Morgan fingerprint density at radius 1 is 1.20 bits per heavy atom. The topological polar surface area (TPSA) is 38.5 Å². The largest absolute Gasteiger partial charge is 0.377 e. The average Bonchev–Trinajstić information content (AvgIpc) is 3.02. The zero-order valence-electron chi connectivity index (χ0n) is 10.3. The van der Waals surface area contributed by atoms with Crippen LogP contribution in [0.25, 0.3) is 0 Å². The summed E-state index contributed by atoms with van der Waals surface area (Å²) in [6, 6.07) is 0.212. The van der Waals surface area contributed by atoms with Crippen molar-refractivity contribution < 1.29 is 4.74 Å². The van der Waals surface area contributed by atoms with Gasteiger partial charge in [0, 0.05) is 13.2 Å². The van der Waals surface area contributed by atoms with E-state index >= 15 is 0 Å². The molecular formula is C12H24N2O. The third-order valence-electron chi connectivity index (χ3n) is 4.60. The molecule has 1 heterocycles. The van der Waals surface area contributed by atoms with E-state index in [1.54, 1.807) is 0 Å². The molecule has 3 nitrogen and oxygen atoms in total. The van der Waals surface area contributed by atoms with Crippen molar-refractivity contribution in [1.82, 2.24) is 4.90 Å². The van der Waals surface area contributed by atoms with Crippen LogP contribution in [-0.2, 0) is 4.74 Å². The summed E-state index contributed by atoms with van der Waals surface area (Å²) in [6.07, 6.45) is 4.71. The van der Waals surface area contributed by atoms with E-state index in [9.17, 15) is 0 Å². The van der Waals surface area contributed by atoms with Crippen molar-refractivity contribution in [3.05, 3.63) is 0 Å². The van der Waals surface area contributed by atoms with E-state index in [1.807, 2.05) is 7.11 Å². The van der Waals surface area contributed by atoms with Crippen LogP contribution in [0.1, 0.15) is 32.6 Å². The first kappa shape index (κ1) is 11.4. The van der Waals surface area contributed by atoms with Crippen LogP contribution in [-0.4, -0.2) is 43.8 Å². The van der Waals surface area contributed by atoms with Crippen molar-refractivity contribution in [3.63, 3.8) is 0 Å². The Morgan fingerprint density at radius 3 is 2.13 bits per heavy atom. The maximum Gasteiger partial charge on any atom is 0.0836 e. The molecule has 1 aliphatic carbocycles. The second kappa shape index (κ2) is 3.72. The summed E-state index contributed by atoms with van der Waals surface area (Å²) in [7, 11) is 4.00. The van der Waals surface area contributed by atoms with E-state index in [-0.39, 0.29) is 17.1 Å². The Kier molecular flexibility index (Phi) is 2.82. The molecule has 2 aliphatic rings. The molecule has 1 saturated heterocycles. The summed E-state index contributed by atoms with van der Waals surface area (Å²) < 4.78 is 5.62. The minimum Gasteiger partial charge on any atom is -0.377 e. The molecule has 0 amide bonds. The Bertz CT molecular complexity index is 230. The number of hydrogen-bond donors (Lipinski definition) is 1. The Morgan fingerprint density at radius 2 is 1.73 bits per heavy atom. The predicted molar refractivity (Wildman–Crippen MR) is 61.8 cm³/mol. The highest BCUT2D eigenvalue weighted by Gasteiger charge is 2.55. The molecule has 1 atom stereocenters. The molecule has 0 aromatic rings. The Balaban J connectivity index is 2.02. The molecule has 2 rings (SSSR count). The minimum absolute atomic E-state index is 0.0185. The van der Waals surface area contributed by atoms with Gasteiger partial charge in [-0.25, -0.2) is 0 Å². The van der Waals surface area contributed by atoms with E-state index in [0.717, 1.165) is 12.8 Å². The summed E-state index contributed by atoms with van der Waals surface area (Å²) >= 11 is 0. The second-order valence-corrected chi connectivity index (χ2v) is 5.70. The lowest BCUT2D eigenvalue weighted by atomic mass is 9.71. The maximum absolute atomic E-state index is 6.44. The van der Waals surface area contributed by atoms with Gasteiger partial charge in [0.2, 0.25) is 0 Å². The fourth-order valence-electron chi connectivity index (χ4n) is 2.84. The molecule has 15 heavy (non-hydrogen) atoms. The monoisotopic (exact) mass is 212 g/mol. The first-order valence-corrected chi connectivity index (χ1v) is 6.02. The highest BCUT2D eigenvalue weighted by atomic mass is 16.5. The molecule has 1 unspecified atom stereocenters. The molecule has 2 fully saturated rings. The van der Waals surface area contributed by atoms with Crippen LogP contribution in [0, 0.1) is 5.41 Å². The van der Waals surface area contributed by atoms with Gasteiger partial charge in [-0.3, -0.25) is 0 Å². The van der Waals surface area contributed by atoms with Crippen LogP contribution in [0.3, 0.4) is 0 Å². The van der Waals surface area contributed by atoms with E-state index < -0.39 is 0 Å². The van der Waals surface area contributed by atoms with Gasteiger partial charge in [-0.2, -0.15) is 0 Å². The van der Waals surface area contributed by atoms with E-state index in [2.05, 4.69) is 18.9 Å². The number of nitrogens with two attached hydrogens (primary N) is 1. The summed E-state index contributed by atoms with van der Waals surface area (Å²) in [5.74, 6) is 0. The lowest BCUT2D eigenvalue weighted by molar-refractivity contribution is -0.00904. The third kappa shape index (κ3) is 1.93. The molecule has 0 aromatic carbocycles. The van der Waals surface area contributed by atoms with E-state index in [4.69, 9.17) is 10.5 Å². The smallest absolute Gasteiger partial charge is 0.0836 e. The summed E-state index contributed by atoms with van der Waals surface area (Å²) in [5, 5.41) is 0. The average molecular weight is 212 g/mol. The normalized spacial score (nSPS) is 31.2. The van der Waals surface area contributed by atoms with Crippen molar-refractivity contribution in [3.8, 4) is 0 Å². The van der Waals surface area contributed by atoms with Crippen LogP contribution >= 0.6 is 0 Å². The fourth-order valence-corrected chi connectivity index (χ4v) is 2.84. The van der Waals surface area contributed by atoms with Crippen molar-refractivity contribution in [2.75, 3.05) is 27.2 Å². The lowest BCUT2D eigenvalue weighted by Gasteiger charge is -2.44. The van der Waals surface area contributed by atoms with Gasteiger partial charge in [-0.1, -0.05) is 6.92 Å². The number of methoxy groups -OCH3 is 1. The van der Waals surface area contributed by atoms with Crippen LogP contribution in [0.15, 0.2) is 0 Å². The summed E-state index contributed by atoms with van der Waals surface area (Å²) in [4.78, 5) is 2.39. The SMILES string of the molecule is COC1(C(N)C2(C)CCN(C)CC2)CC1. The zero-order valence-corrected chi connectivity index (χ0v) is 10.3. The highest BCUT2D eigenvalue weighted by molar-refractivity contribution is 5.10. The van der Waals surface area contributed by atoms with Crippen molar-refractivity contribution in [2.24, 2.45) is 11.1 Å². The summed E-state index contributed by atoms with van der Waals surface area (Å²) in [6.45, 7) is 4.68. The van der Waals surface area contributed by atoms with E-state index in [1.165, 1.54) is 25.9 Å². The standard InChI is InChI=1S/C12H24N2O/c1-11(6-8-14(2)9-7-11)10(13)12(15-3)4-5-12/h10H,4-9,13H2,1-3H3. The quantitative estimate of drug-likeness (QED) is 0.764. The molecule has 0 bridgehead atoms. The van der Waals surface area contributed by atoms with Gasteiger partial charge in [0.1, 0.15) is 0 Å². The van der Waals surface area contributed by atoms with Crippen molar-refractivity contribution >= 4 is 0 Å². The number of ether oxygens (including phenoxy) is 1. The molecule has 0 spiro atoms. The molecule has 3 heteroatoms. The van der Waals surface area contributed by atoms with Crippen LogP contribution in [0.5, 0.6) is 0 Å². The van der Waals surface area contributed by atoms with Gasteiger partial charge >= 0.3 is 0 Å². The van der Waals surface area contributed by atoms with E-state index in [0.29, 0.717) is 0 Å². The fraction of sp³-hybridized carbons (Fsp3) is 1.00. The lowest BCUT2D eigenvalue weighted by Crippen LogP contribution is -2.54.